The predicted octanol–water partition coefficient (Wildman–Crippen LogP) is -6.58. The second-order valence-corrected chi connectivity index (χ2v) is 19.4. The summed E-state index contributed by atoms with van der Waals surface area (Å²) in [5.74, 6) is -8.04. The van der Waals surface area contributed by atoms with Crippen molar-refractivity contribution in [2.24, 2.45) is 0 Å². The first kappa shape index (κ1) is 96.9. The van der Waals surface area contributed by atoms with E-state index >= 15 is 0 Å². The first-order valence-corrected chi connectivity index (χ1v) is 26.9. The maximum absolute atomic E-state index is 11.1. The summed E-state index contributed by atoms with van der Waals surface area (Å²) in [6, 6.07) is 46.3. The molecule has 0 saturated carbocycles. The van der Waals surface area contributed by atoms with Crippen LogP contribution in [0.25, 0.3) is 65.4 Å². The molecule has 0 aliphatic carbocycles. The van der Waals surface area contributed by atoms with Crippen LogP contribution in [0.3, 0.4) is 0 Å². The molecule has 0 saturated heterocycles. The Balaban J connectivity index is -0.000000542. The Kier molecular flexibility index (Phi) is 44.4. The number of pyridine rings is 6. The van der Waals surface area contributed by atoms with Crippen molar-refractivity contribution in [2.75, 3.05) is 28.2 Å². The first-order chi connectivity index (χ1) is 44.6. The van der Waals surface area contributed by atoms with Crippen LogP contribution in [0.5, 0.6) is 0 Å². The fraction of sp³-hybridized carbons (Fsp3) is 0.0606. The molecular weight excluding hydrogens is 1600 g/mol. The molecule has 0 spiro atoms. The number of fused-ring (bicyclic) bond motifs is 6. The summed E-state index contributed by atoms with van der Waals surface area (Å²) < 4.78 is 0. The second kappa shape index (κ2) is 46.7. The summed E-state index contributed by atoms with van der Waals surface area (Å²) in [6.45, 7) is 0. The number of aromatic amines is 6. The second-order valence-electron chi connectivity index (χ2n) is 19.4. The summed E-state index contributed by atoms with van der Waals surface area (Å²) in [5.41, 5.74) is -0.131. The average Bonchev–Trinajstić information content (AvgIpc) is 0.862. The Bertz CT molecular complexity index is 4400. The largest absolute Gasteiger partial charge is 3.00 e. The van der Waals surface area contributed by atoms with Crippen molar-refractivity contribution in [1.29, 1.82) is 0 Å². The minimum absolute atomic E-state index is 0. The van der Waals surface area contributed by atoms with E-state index in [2.05, 4.69) is 29.9 Å². The minimum Gasteiger partial charge on any atom is -0.545 e. The van der Waals surface area contributed by atoms with E-state index in [-0.39, 0.29) is 137 Å². The maximum atomic E-state index is 11.1. The first-order valence-electron chi connectivity index (χ1n) is 26.9. The Labute approximate surface area is 627 Å². The van der Waals surface area contributed by atoms with Gasteiger partial charge in [-0.3, -0.25) is 38.4 Å². The van der Waals surface area contributed by atoms with Crippen LogP contribution in [0.4, 0.5) is 0 Å². The van der Waals surface area contributed by atoms with Gasteiger partial charge in [0, 0.05) is 163 Å². The molecule has 0 unspecified atom stereocenters. The number of carboxylic acids is 6. The zero-order chi connectivity index (χ0) is 69.3. The van der Waals surface area contributed by atoms with Crippen LogP contribution in [0.2, 0.25) is 0 Å². The van der Waals surface area contributed by atoms with Gasteiger partial charge in [-0.15, -0.1) is 0 Å². The quantitative estimate of drug-likeness (QED) is 0.0608. The molecule has 12 rings (SSSR count). The van der Waals surface area contributed by atoms with E-state index in [1.807, 2.05) is 0 Å². The summed E-state index contributed by atoms with van der Waals surface area (Å²) in [6.07, 6.45) is 1.50. The molecule has 0 atom stereocenters. The number of carbonyl (C=O) groups excluding carboxylic acids is 8. The number of nitrogens with zero attached hydrogens (tertiary/aromatic N) is 2. The van der Waals surface area contributed by atoms with E-state index in [9.17, 15) is 97.8 Å². The van der Waals surface area contributed by atoms with Crippen molar-refractivity contribution in [3.05, 3.63) is 277 Å². The number of carboxylic acid groups (broad SMARTS) is 6. The molecule has 2 amide bonds. The van der Waals surface area contributed by atoms with Gasteiger partial charge in [-0.2, -0.15) is 0 Å². The van der Waals surface area contributed by atoms with Crippen LogP contribution in [0.1, 0.15) is 62.1 Å². The molecule has 102 heavy (non-hydrogen) atoms. The van der Waals surface area contributed by atoms with Crippen LogP contribution in [-0.4, -0.2) is 127 Å². The van der Waals surface area contributed by atoms with Gasteiger partial charge >= 0.3 is 71.2 Å². The number of H-pyrrole nitrogens is 6. The smallest absolute Gasteiger partial charge is 0.545 e. The van der Waals surface area contributed by atoms with E-state index in [1.165, 1.54) is 9.80 Å². The number of hydrogen-bond acceptors (Lipinski definition) is 20. The van der Waals surface area contributed by atoms with Gasteiger partial charge < -0.3 is 132 Å². The number of para-hydroxylation sites is 6. The van der Waals surface area contributed by atoms with E-state index in [0.29, 0.717) is 65.4 Å². The van der Waals surface area contributed by atoms with Gasteiger partial charge in [0.1, 0.15) is 0 Å². The molecule has 36 heteroatoms. The SMILES string of the molecule is CN(C)C=O.CN(C)C=O.O.O.O=C([O-])c1cc(=O)[nH]c2ccccc12.O=C([O-])c1cc(=O)[nH]c2ccccc12.O=C([O-])c1cc(=O)[nH]c2ccccc12.O=C([O-])c1cc(=O)[nH]c2ccccc12.O=C([O-])c1cc(=O)[nH]c2ccccc12.O=C([O-])c1cc(=O)[nH]c2ccccc12.[La+3].[La+3].[OH3+].[OH3+].[OH3+].[OH3+]. The molecule has 34 nitrogen and oxygen atoms in total. The van der Waals surface area contributed by atoms with Crippen LogP contribution in [0.15, 0.2) is 211 Å². The number of amides is 2. The molecule has 0 radical (unpaired) electrons. The third-order valence-corrected chi connectivity index (χ3v) is 12.2. The topological polar surface area (TPSA) is 674 Å². The van der Waals surface area contributed by atoms with Gasteiger partial charge in [-0.05, 0) is 36.4 Å². The Morgan fingerprint density at radius 3 is 0.480 bits per heavy atom. The zero-order valence-electron chi connectivity index (χ0n) is 54.0. The zero-order valence-corrected chi connectivity index (χ0v) is 61.3. The molecule has 528 valence electrons. The van der Waals surface area contributed by atoms with E-state index < -0.39 is 69.2 Å². The molecule has 12 aromatic rings. The minimum atomic E-state index is -1.34. The van der Waals surface area contributed by atoms with Crippen molar-refractivity contribution in [3.63, 3.8) is 0 Å². The number of nitrogens with one attached hydrogen (secondary N) is 6. The summed E-state index contributed by atoms with van der Waals surface area (Å²) in [7, 11) is 6.75. The third kappa shape index (κ3) is 28.4. The Morgan fingerprint density at radius 1 is 0.275 bits per heavy atom. The van der Waals surface area contributed by atoms with E-state index in [4.69, 9.17) is 0 Å². The fourth-order valence-corrected chi connectivity index (χ4v) is 8.24. The van der Waals surface area contributed by atoms with Gasteiger partial charge in [0.25, 0.3) is 0 Å². The monoisotopic (exact) mass is 1660 g/mol. The summed E-state index contributed by atoms with van der Waals surface area (Å²) >= 11 is 0. The average molecular weight is 1670 g/mol. The van der Waals surface area contributed by atoms with Gasteiger partial charge in [0.15, 0.2) is 0 Å². The van der Waals surface area contributed by atoms with E-state index in [1.54, 1.807) is 174 Å². The van der Waals surface area contributed by atoms with Crippen molar-refractivity contribution < 1.29 is 173 Å². The van der Waals surface area contributed by atoms with E-state index in [0.717, 1.165) is 49.2 Å². The number of hydrogen-bond donors (Lipinski definition) is 6. The van der Waals surface area contributed by atoms with Gasteiger partial charge in [-0.25, -0.2) is 0 Å². The molecule has 0 bridgehead atoms. The molecule has 0 aliphatic rings. The molecule has 0 aliphatic heterocycles. The number of rotatable bonds is 8. The molecule has 0 fully saturated rings. The van der Waals surface area contributed by atoms with Crippen molar-refractivity contribution in [2.45, 2.75) is 0 Å². The van der Waals surface area contributed by atoms with Crippen molar-refractivity contribution in [1.82, 2.24) is 39.7 Å². The number of aromatic nitrogens is 6. The molecule has 6 aromatic carbocycles. The maximum Gasteiger partial charge on any atom is 3.00 e. The molecule has 6 heterocycles. The number of benzene rings is 6. The van der Waals surface area contributed by atoms with Crippen LogP contribution in [-0.2, 0) is 31.5 Å². The van der Waals surface area contributed by atoms with Gasteiger partial charge in [0.2, 0.25) is 46.2 Å². The van der Waals surface area contributed by atoms with Gasteiger partial charge in [-0.1, -0.05) is 109 Å². The fourth-order valence-electron chi connectivity index (χ4n) is 8.24. The van der Waals surface area contributed by atoms with Crippen molar-refractivity contribution >= 4 is 114 Å². The number of carbonyl (C=O) groups is 8. The predicted molar refractivity (Wildman–Crippen MR) is 360 cm³/mol. The molecule has 22 N–H and O–H groups in total. The van der Waals surface area contributed by atoms with Gasteiger partial charge in [0.05, 0.1) is 35.8 Å². The summed E-state index contributed by atoms with van der Waals surface area (Å²) in [5, 5.41) is 67.1. The van der Waals surface area contributed by atoms with Crippen molar-refractivity contribution in [3.8, 4) is 0 Å². The summed E-state index contributed by atoms with van der Waals surface area (Å²) in [4.78, 5) is 168. The normalized spacial score (nSPS) is 9.14. The van der Waals surface area contributed by atoms with Crippen LogP contribution in [0, 0.1) is 71.2 Å². The van der Waals surface area contributed by atoms with Crippen LogP contribution < -0.4 is 64.0 Å². The molecule has 6 aromatic heterocycles. The molecular formula is C66H66La2N8O26+4. The standard InChI is InChI=1S/6C10H7NO3.2C3H7NO.2La.6H2O/c6*12-9-5-7(10(13)14)6-3-1-2-4-8(6)11-9;2*1-4(2)3-5;;;;;;;;/h6*1-5H,(H,11,12)(H,13,14);2*3H,1-2H3;;;6*1H2/q;;;;;;;;2*+3;;;;;;/p-2. The van der Waals surface area contributed by atoms with Crippen LogP contribution >= 0.6 is 0 Å². The third-order valence-electron chi connectivity index (χ3n) is 12.2. The number of aromatic carboxylic acids is 6. The Morgan fingerprint density at radius 2 is 0.382 bits per heavy atom. The Hall–Kier alpha value is -11.5.